The first-order valence-electron chi connectivity index (χ1n) is 11.0. The monoisotopic (exact) mass is 481 g/mol. The molecule has 2 aromatic carbocycles. The van der Waals surface area contributed by atoms with E-state index in [1.165, 1.54) is 30.0 Å². The first-order valence-corrected chi connectivity index (χ1v) is 12.2. The molecule has 2 aromatic rings. The number of phenols is 1. The van der Waals surface area contributed by atoms with Crippen LogP contribution in [0.15, 0.2) is 36.4 Å². The zero-order chi connectivity index (χ0) is 25.0. The molecule has 0 aliphatic heterocycles. The van der Waals surface area contributed by atoms with Crippen LogP contribution >= 0.6 is 11.8 Å². The molecular weight excluding hydrogens is 447 g/mol. The van der Waals surface area contributed by atoms with Crippen LogP contribution in [0, 0.1) is 0 Å². The smallest absolute Gasteiger partial charge is 0.418 e. The van der Waals surface area contributed by atoms with E-state index < -0.39 is 17.6 Å². The van der Waals surface area contributed by atoms with E-state index in [0.717, 1.165) is 35.6 Å². The van der Waals surface area contributed by atoms with Gasteiger partial charge in [-0.3, -0.25) is 4.79 Å². The summed E-state index contributed by atoms with van der Waals surface area (Å²) in [5.41, 5.74) is 1.51. The summed E-state index contributed by atoms with van der Waals surface area (Å²) in [6.45, 7) is 12.4. The van der Waals surface area contributed by atoms with Crippen molar-refractivity contribution in [3.63, 3.8) is 0 Å². The van der Waals surface area contributed by atoms with Gasteiger partial charge in [-0.2, -0.15) is 24.9 Å². The summed E-state index contributed by atoms with van der Waals surface area (Å²) < 4.78 is 39.2. The molecule has 1 amide bonds. The molecule has 0 aliphatic carbocycles. The third-order valence-corrected chi connectivity index (χ3v) is 6.32. The Morgan fingerprint density at radius 1 is 0.939 bits per heavy atom. The lowest BCUT2D eigenvalue weighted by atomic mass is 9.78. The Hall–Kier alpha value is -2.15. The zero-order valence-corrected chi connectivity index (χ0v) is 21.0. The van der Waals surface area contributed by atoms with Gasteiger partial charge >= 0.3 is 6.18 Å². The van der Waals surface area contributed by atoms with Crippen LogP contribution in [0.1, 0.15) is 70.2 Å². The van der Waals surface area contributed by atoms with Crippen LogP contribution in [0.5, 0.6) is 5.75 Å². The fourth-order valence-electron chi connectivity index (χ4n) is 3.55. The molecule has 0 unspecified atom stereocenters. The SMILES string of the molecule is CC(C)(C)c1cc(CCCSCC(=O)Nc2ccccc2C(F)(F)F)cc(C(C)(C)C)c1O. The Bertz CT molecular complexity index is 938. The number of aromatic hydroxyl groups is 1. The van der Waals surface area contributed by atoms with Crippen LogP contribution in [0.2, 0.25) is 0 Å². The van der Waals surface area contributed by atoms with Crippen molar-refractivity contribution >= 4 is 23.4 Å². The molecule has 0 heterocycles. The minimum atomic E-state index is -4.51. The Balaban J connectivity index is 1.95. The minimum absolute atomic E-state index is 0.0856. The molecule has 0 radical (unpaired) electrons. The summed E-state index contributed by atoms with van der Waals surface area (Å²) in [6, 6.07) is 9.08. The fraction of sp³-hybridized carbons (Fsp3) is 0.500. The molecule has 0 bridgehead atoms. The summed E-state index contributed by atoms with van der Waals surface area (Å²) in [6.07, 6.45) is -2.91. The van der Waals surface area contributed by atoms with Gasteiger partial charge in [0.05, 0.1) is 17.0 Å². The van der Waals surface area contributed by atoms with Crippen molar-refractivity contribution in [1.82, 2.24) is 0 Å². The van der Waals surface area contributed by atoms with Crippen LogP contribution in [0.25, 0.3) is 0 Å². The van der Waals surface area contributed by atoms with Gasteiger partial charge in [-0.15, -0.1) is 0 Å². The quantitative estimate of drug-likeness (QED) is 0.408. The predicted molar refractivity (Wildman–Crippen MR) is 131 cm³/mol. The van der Waals surface area contributed by atoms with Gasteiger partial charge in [0.15, 0.2) is 0 Å². The van der Waals surface area contributed by atoms with E-state index in [-0.39, 0.29) is 22.3 Å². The maximum Gasteiger partial charge on any atom is 0.418 e. The Labute approximate surface area is 199 Å². The second kappa shape index (κ2) is 10.4. The molecule has 0 spiro atoms. The molecule has 182 valence electrons. The highest BCUT2D eigenvalue weighted by Crippen LogP contribution is 2.40. The van der Waals surface area contributed by atoms with Crippen molar-refractivity contribution in [2.45, 2.75) is 71.4 Å². The van der Waals surface area contributed by atoms with Crippen LogP contribution < -0.4 is 5.32 Å². The maximum absolute atomic E-state index is 13.1. The summed E-state index contributed by atoms with van der Waals surface area (Å²) in [4.78, 5) is 12.1. The van der Waals surface area contributed by atoms with E-state index in [1.54, 1.807) is 0 Å². The molecule has 0 aromatic heterocycles. The summed E-state index contributed by atoms with van der Waals surface area (Å²) in [5, 5.41) is 13.2. The van der Waals surface area contributed by atoms with Gasteiger partial charge in [0, 0.05) is 0 Å². The molecule has 7 heteroatoms. The minimum Gasteiger partial charge on any atom is -0.507 e. The number of aryl methyl sites for hydroxylation is 1. The molecule has 2 rings (SSSR count). The van der Waals surface area contributed by atoms with Crippen molar-refractivity contribution < 1.29 is 23.1 Å². The van der Waals surface area contributed by atoms with Gasteiger partial charge in [0.2, 0.25) is 5.91 Å². The molecule has 0 saturated heterocycles. The van der Waals surface area contributed by atoms with Crippen molar-refractivity contribution in [3.8, 4) is 5.75 Å². The normalized spacial score (nSPS) is 12.6. The van der Waals surface area contributed by atoms with Crippen LogP contribution in [0.3, 0.4) is 0 Å². The molecule has 0 saturated carbocycles. The summed E-state index contributed by atoms with van der Waals surface area (Å²) in [5.74, 6) is 0.683. The molecule has 0 atom stereocenters. The lowest BCUT2D eigenvalue weighted by molar-refractivity contribution is -0.137. The highest BCUT2D eigenvalue weighted by Gasteiger charge is 2.33. The Morgan fingerprint density at radius 3 is 2.00 bits per heavy atom. The maximum atomic E-state index is 13.1. The molecule has 33 heavy (non-hydrogen) atoms. The largest absolute Gasteiger partial charge is 0.507 e. The molecular formula is C26H34F3NO2S. The topological polar surface area (TPSA) is 49.3 Å². The van der Waals surface area contributed by atoms with Crippen molar-refractivity contribution in [2.75, 3.05) is 16.8 Å². The number of amides is 1. The number of benzene rings is 2. The van der Waals surface area contributed by atoms with Crippen molar-refractivity contribution in [3.05, 3.63) is 58.7 Å². The van der Waals surface area contributed by atoms with Gasteiger partial charge in [-0.25, -0.2) is 0 Å². The number of para-hydroxylation sites is 1. The number of rotatable bonds is 7. The Morgan fingerprint density at radius 2 is 1.48 bits per heavy atom. The van der Waals surface area contributed by atoms with Crippen molar-refractivity contribution in [2.24, 2.45) is 0 Å². The summed E-state index contributed by atoms with van der Waals surface area (Å²) in [7, 11) is 0. The molecule has 3 nitrogen and oxygen atoms in total. The van der Waals surface area contributed by atoms with E-state index in [2.05, 4.69) is 59.0 Å². The number of nitrogens with one attached hydrogen (secondary N) is 1. The van der Waals surface area contributed by atoms with Crippen LogP contribution in [-0.4, -0.2) is 22.5 Å². The number of anilines is 1. The first-order chi connectivity index (χ1) is 15.1. The van der Waals surface area contributed by atoms with E-state index in [1.807, 2.05) is 0 Å². The number of hydrogen-bond donors (Lipinski definition) is 2. The number of carbonyl (C=O) groups is 1. The summed E-state index contributed by atoms with van der Waals surface area (Å²) >= 11 is 1.39. The van der Waals surface area contributed by atoms with Gasteiger partial charge in [-0.1, -0.05) is 65.8 Å². The average molecular weight is 482 g/mol. The predicted octanol–water partition coefficient (Wildman–Crippen LogP) is 7.31. The van der Waals surface area contributed by atoms with Gasteiger partial charge in [0.1, 0.15) is 5.75 Å². The first kappa shape index (κ1) is 27.1. The van der Waals surface area contributed by atoms with Crippen LogP contribution in [-0.2, 0) is 28.2 Å². The molecule has 0 aliphatic rings. The standard InChI is InChI=1S/C26H34F3NO2S/c1-24(2,3)19-14-17(15-20(23(19)32)25(4,5)6)10-9-13-33-16-22(31)30-21-12-8-7-11-18(21)26(27,28)29/h7-8,11-12,14-15,32H,9-10,13,16H2,1-6H3,(H,30,31). The van der Waals surface area contributed by atoms with Gasteiger partial charge in [-0.05, 0) is 58.2 Å². The Kier molecular flexibility index (Phi) is 8.55. The highest BCUT2D eigenvalue weighted by atomic mass is 32.2. The second-order valence-electron chi connectivity index (χ2n) is 10.3. The van der Waals surface area contributed by atoms with E-state index >= 15 is 0 Å². The number of hydrogen-bond acceptors (Lipinski definition) is 3. The van der Waals surface area contributed by atoms with E-state index in [9.17, 15) is 23.1 Å². The zero-order valence-electron chi connectivity index (χ0n) is 20.2. The van der Waals surface area contributed by atoms with Gasteiger partial charge in [0.25, 0.3) is 0 Å². The average Bonchev–Trinajstić information content (AvgIpc) is 2.66. The third-order valence-electron chi connectivity index (χ3n) is 5.28. The number of phenolic OH excluding ortho intramolecular Hbond substituents is 1. The highest BCUT2D eigenvalue weighted by molar-refractivity contribution is 7.99. The molecule has 2 N–H and O–H groups in total. The number of carbonyl (C=O) groups excluding carboxylic acids is 1. The van der Waals surface area contributed by atoms with E-state index in [4.69, 9.17) is 0 Å². The molecule has 0 fully saturated rings. The fourth-order valence-corrected chi connectivity index (χ4v) is 4.30. The number of thioether (sulfide) groups is 1. The van der Waals surface area contributed by atoms with E-state index in [0.29, 0.717) is 11.5 Å². The lowest BCUT2D eigenvalue weighted by Crippen LogP contribution is -2.18. The van der Waals surface area contributed by atoms with Crippen molar-refractivity contribution in [1.29, 1.82) is 0 Å². The lowest BCUT2D eigenvalue weighted by Gasteiger charge is -2.28. The van der Waals surface area contributed by atoms with Crippen LogP contribution in [0.4, 0.5) is 18.9 Å². The second-order valence-corrected chi connectivity index (χ2v) is 11.4. The number of halogens is 3. The number of alkyl halides is 3. The third kappa shape index (κ3) is 7.70. The van der Waals surface area contributed by atoms with Gasteiger partial charge < -0.3 is 10.4 Å².